The third kappa shape index (κ3) is 12.1. The Kier molecular flexibility index (Phi) is 14.6. The summed E-state index contributed by atoms with van der Waals surface area (Å²) in [4.78, 5) is 14.6. The molecule has 0 aliphatic carbocycles. The molecule has 1 aromatic carbocycles. The van der Waals surface area contributed by atoms with Crippen LogP contribution in [-0.2, 0) is 20.9 Å². The lowest BCUT2D eigenvalue weighted by Crippen LogP contribution is -2.37. The Labute approximate surface area is 172 Å². The number of nitrogens with zero attached hydrogens (tertiary/aromatic N) is 1. The van der Waals surface area contributed by atoms with Crippen molar-refractivity contribution in [3.05, 3.63) is 35.9 Å². The Balaban J connectivity index is 2.33. The van der Waals surface area contributed by atoms with Gasteiger partial charge in [-0.15, -0.1) is 0 Å². The first-order chi connectivity index (χ1) is 13.7. The minimum atomic E-state index is -0.208. The molecule has 160 valence electrons. The summed E-state index contributed by atoms with van der Waals surface area (Å²) in [6, 6.07) is 10.1. The zero-order valence-corrected chi connectivity index (χ0v) is 18.3. The van der Waals surface area contributed by atoms with Gasteiger partial charge in [0.25, 0.3) is 0 Å². The van der Waals surface area contributed by atoms with E-state index in [4.69, 9.17) is 9.47 Å². The molecule has 1 rings (SSSR count). The molecule has 0 spiro atoms. The van der Waals surface area contributed by atoms with Gasteiger partial charge in [-0.05, 0) is 25.1 Å². The Morgan fingerprint density at radius 2 is 1.57 bits per heavy atom. The van der Waals surface area contributed by atoms with Crippen LogP contribution in [0.25, 0.3) is 0 Å². The van der Waals surface area contributed by atoms with Crippen LogP contribution in [0.4, 0.5) is 0 Å². The van der Waals surface area contributed by atoms with Gasteiger partial charge >= 0.3 is 5.97 Å². The molecular weight excluding hydrogens is 350 g/mol. The number of unbranched alkanes of at least 4 members (excludes halogenated alkanes) is 6. The summed E-state index contributed by atoms with van der Waals surface area (Å²) in [5, 5.41) is 0. The summed E-state index contributed by atoms with van der Waals surface area (Å²) in [6.07, 6.45) is 8.74. The SMILES string of the molecule is CCCCCCCCCC(=O)O[C@@H](COCc1ccccc1)CN(CC)CC. The number of carbonyl (C=O) groups is 1. The molecule has 1 atom stereocenters. The Bertz CT molecular complexity index is 488. The first kappa shape index (κ1) is 24.6. The lowest BCUT2D eigenvalue weighted by molar-refractivity contribution is -0.153. The Morgan fingerprint density at radius 3 is 2.21 bits per heavy atom. The van der Waals surface area contributed by atoms with Gasteiger partial charge in [0.2, 0.25) is 0 Å². The minimum Gasteiger partial charge on any atom is -0.459 e. The van der Waals surface area contributed by atoms with Gasteiger partial charge < -0.3 is 14.4 Å². The van der Waals surface area contributed by atoms with Crippen molar-refractivity contribution in [1.82, 2.24) is 4.90 Å². The first-order valence-corrected chi connectivity index (χ1v) is 11.2. The van der Waals surface area contributed by atoms with Gasteiger partial charge in [0.05, 0.1) is 13.2 Å². The smallest absolute Gasteiger partial charge is 0.306 e. The second-order valence-corrected chi connectivity index (χ2v) is 7.47. The lowest BCUT2D eigenvalue weighted by Gasteiger charge is -2.25. The van der Waals surface area contributed by atoms with E-state index in [0.717, 1.165) is 38.0 Å². The van der Waals surface area contributed by atoms with Gasteiger partial charge in [0, 0.05) is 13.0 Å². The fourth-order valence-corrected chi connectivity index (χ4v) is 3.25. The van der Waals surface area contributed by atoms with Crippen molar-refractivity contribution < 1.29 is 14.3 Å². The minimum absolute atomic E-state index is 0.0889. The number of likely N-dealkylation sites (N-methyl/N-ethyl adjacent to an activating group) is 1. The van der Waals surface area contributed by atoms with E-state index in [2.05, 4.69) is 25.7 Å². The highest BCUT2D eigenvalue weighted by Crippen LogP contribution is 2.10. The van der Waals surface area contributed by atoms with Crippen LogP contribution in [0.5, 0.6) is 0 Å². The molecule has 1 aromatic rings. The molecule has 4 heteroatoms. The fourth-order valence-electron chi connectivity index (χ4n) is 3.25. The quantitative estimate of drug-likeness (QED) is 0.256. The van der Waals surface area contributed by atoms with Gasteiger partial charge in [-0.3, -0.25) is 4.79 Å². The second kappa shape index (κ2) is 16.6. The standard InChI is InChI=1S/C24H41NO3/c1-4-7-8-9-10-11-15-18-24(26)28-23(19-25(5-2)6-3)21-27-20-22-16-13-12-14-17-22/h12-14,16-17,23H,4-11,15,18-21H2,1-3H3/t23-/m1/s1. The molecule has 0 radical (unpaired) electrons. The second-order valence-electron chi connectivity index (χ2n) is 7.47. The highest BCUT2D eigenvalue weighted by atomic mass is 16.6. The van der Waals surface area contributed by atoms with E-state index in [1.807, 2.05) is 30.3 Å². The van der Waals surface area contributed by atoms with E-state index in [0.29, 0.717) is 19.6 Å². The summed E-state index contributed by atoms with van der Waals surface area (Å²) >= 11 is 0. The summed E-state index contributed by atoms with van der Waals surface area (Å²) in [7, 11) is 0. The third-order valence-corrected chi connectivity index (χ3v) is 5.05. The largest absolute Gasteiger partial charge is 0.459 e. The average molecular weight is 392 g/mol. The van der Waals surface area contributed by atoms with Gasteiger partial charge in [-0.25, -0.2) is 0 Å². The fraction of sp³-hybridized carbons (Fsp3) is 0.708. The third-order valence-electron chi connectivity index (χ3n) is 5.05. The topological polar surface area (TPSA) is 38.8 Å². The molecule has 0 N–H and O–H groups in total. The van der Waals surface area contributed by atoms with E-state index in [1.165, 1.54) is 32.1 Å². The van der Waals surface area contributed by atoms with Gasteiger partial charge in [0.1, 0.15) is 6.10 Å². The monoisotopic (exact) mass is 391 g/mol. The van der Waals surface area contributed by atoms with Crippen LogP contribution in [0.15, 0.2) is 30.3 Å². The van der Waals surface area contributed by atoms with E-state index in [9.17, 15) is 4.79 Å². The van der Waals surface area contributed by atoms with E-state index in [-0.39, 0.29) is 12.1 Å². The van der Waals surface area contributed by atoms with Crippen LogP contribution in [0.1, 0.15) is 77.7 Å². The summed E-state index contributed by atoms with van der Waals surface area (Å²) in [5.41, 5.74) is 1.14. The lowest BCUT2D eigenvalue weighted by atomic mass is 10.1. The number of rotatable bonds is 17. The number of benzene rings is 1. The predicted molar refractivity (Wildman–Crippen MR) is 116 cm³/mol. The maximum Gasteiger partial charge on any atom is 0.306 e. The van der Waals surface area contributed by atoms with Crippen molar-refractivity contribution >= 4 is 5.97 Å². The first-order valence-electron chi connectivity index (χ1n) is 11.2. The van der Waals surface area contributed by atoms with E-state index >= 15 is 0 Å². The van der Waals surface area contributed by atoms with Gasteiger partial charge in [-0.1, -0.05) is 89.6 Å². The molecule has 0 saturated carbocycles. The summed E-state index contributed by atoms with van der Waals surface area (Å²) < 4.78 is 11.6. The van der Waals surface area contributed by atoms with Crippen LogP contribution in [0.3, 0.4) is 0 Å². The molecule has 0 bridgehead atoms. The van der Waals surface area contributed by atoms with Crippen molar-refractivity contribution in [2.45, 2.75) is 84.8 Å². The number of carbonyl (C=O) groups excluding carboxylic acids is 1. The average Bonchev–Trinajstić information content (AvgIpc) is 2.71. The molecule has 0 aromatic heterocycles. The molecule has 0 unspecified atom stereocenters. The number of hydrogen-bond donors (Lipinski definition) is 0. The molecule has 0 heterocycles. The van der Waals surface area contributed by atoms with E-state index in [1.54, 1.807) is 0 Å². The molecule has 0 amide bonds. The maximum absolute atomic E-state index is 12.3. The number of esters is 1. The zero-order chi connectivity index (χ0) is 20.5. The van der Waals surface area contributed by atoms with Gasteiger partial charge in [-0.2, -0.15) is 0 Å². The summed E-state index contributed by atoms with van der Waals surface area (Å²) in [5.74, 6) is -0.0889. The van der Waals surface area contributed by atoms with Gasteiger partial charge in [0.15, 0.2) is 0 Å². The Hall–Kier alpha value is -1.39. The predicted octanol–water partition coefficient (Wildman–Crippen LogP) is 5.60. The Morgan fingerprint density at radius 1 is 0.929 bits per heavy atom. The maximum atomic E-state index is 12.3. The number of hydrogen-bond acceptors (Lipinski definition) is 4. The summed E-state index contributed by atoms with van der Waals surface area (Å²) in [6.45, 7) is 10.1. The van der Waals surface area contributed by atoms with Crippen LogP contribution in [0, 0.1) is 0 Å². The van der Waals surface area contributed by atoms with Crippen LogP contribution in [-0.4, -0.2) is 43.2 Å². The number of ether oxygens (including phenoxy) is 2. The normalized spacial score (nSPS) is 12.3. The zero-order valence-electron chi connectivity index (χ0n) is 18.3. The highest BCUT2D eigenvalue weighted by Gasteiger charge is 2.17. The van der Waals surface area contributed by atoms with Crippen LogP contribution < -0.4 is 0 Å². The van der Waals surface area contributed by atoms with Crippen LogP contribution in [0.2, 0.25) is 0 Å². The molecule has 0 aliphatic heterocycles. The molecular formula is C24H41NO3. The van der Waals surface area contributed by atoms with Crippen molar-refractivity contribution in [3.8, 4) is 0 Å². The van der Waals surface area contributed by atoms with Crippen LogP contribution >= 0.6 is 0 Å². The van der Waals surface area contributed by atoms with E-state index < -0.39 is 0 Å². The molecule has 28 heavy (non-hydrogen) atoms. The highest BCUT2D eigenvalue weighted by molar-refractivity contribution is 5.69. The van der Waals surface area contributed by atoms with Crippen molar-refractivity contribution in [3.63, 3.8) is 0 Å². The van der Waals surface area contributed by atoms with Crippen molar-refractivity contribution in [1.29, 1.82) is 0 Å². The molecule has 4 nitrogen and oxygen atoms in total. The molecule has 0 fully saturated rings. The van der Waals surface area contributed by atoms with Crippen molar-refractivity contribution in [2.24, 2.45) is 0 Å². The molecule has 0 aliphatic rings. The molecule has 0 saturated heterocycles. The van der Waals surface area contributed by atoms with Crippen molar-refractivity contribution in [2.75, 3.05) is 26.2 Å².